The third-order valence-electron chi connectivity index (χ3n) is 2.49. The Labute approximate surface area is 98.3 Å². The summed E-state index contributed by atoms with van der Waals surface area (Å²) in [4.78, 5) is 0. The number of para-hydroxylation sites is 1. The largest absolute Gasteiger partial charge is 0.496 e. The number of hydrogen-bond acceptors (Lipinski definition) is 2. The lowest BCUT2D eigenvalue weighted by Gasteiger charge is -2.08. The second kappa shape index (κ2) is 7.07. The van der Waals surface area contributed by atoms with Gasteiger partial charge in [0.1, 0.15) is 5.75 Å². The molecule has 0 fully saturated rings. The first-order valence-electron chi connectivity index (χ1n) is 5.71. The molecule has 0 aliphatic heterocycles. The smallest absolute Gasteiger partial charge is 0.122 e. The van der Waals surface area contributed by atoms with Gasteiger partial charge in [-0.05, 0) is 44.5 Å². The van der Waals surface area contributed by atoms with Crippen LogP contribution in [0.25, 0.3) is 0 Å². The second-order valence-electron chi connectivity index (χ2n) is 4.02. The van der Waals surface area contributed by atoms with E-state index in [4.69, 9.17) is 4.74 Å². The van der Waals surface area contributed by atoms with Crippen molar-refractivity contribution >= 4 is 0 Å². The van der Waals surface area contributed by atoms with Gasteiger partial charge in [-0.3, -0.25) is 0 Å². The zero-order chi connectivity index (χ0) is 11.8. The number of rotatable bonds is 7. The number of ether oxygens (including phenoxy) is 1. The molecule has 0 heterocycles. The molecule has 0 atom stereocenters. The molecular weight excluding hydrogens is 198 g/mol. The summed E-state index contributed by atoms with van der Waals surface area (Å²) in [6.07, 6.45) is 2.05. The summed E-state index contributed by atoms with van der Waals surface area (Å²) >= 11 is 0. The van der Waals surface area contributed by atoms with E-state index in [-0.39, 0.29) is 0 Å². The molecule has 0 saturated heterocycles. The van der Waals surface area contributed by atoms with Gasteiger partial charge < -0.3 is 10.1 Å². The van der Waals surface area contributed by atoms with Crippen LogP contribution in [0.3, 0.4) is 0 Å². The van der Waals surface area contributed by atoms with E-state index in [1.165, 1.54) is 11.1 Å². The highest BCUT2D eigenvalue weighted by molar-refractivity contribution is 5.33. The molecular formula is C14H21NO. The number of methoxy groups -OCH3 is 1. The molecule has 1 aromatic rings. The van der Waals surface area contributed by atoms with Gasteiger partial charge in [-0.1, -0.05) is 23.8 Å². The normalized spacial score (nSPS) is 10.1. The van der Waals surface area contributed by atoms with Gasteiger partial charge in [-0.15, -0.1) is 6.58 Å². The number of benzene rings is 1. The van der Waals surface area contributed by atoms with Gasteiger partial charge >= 0.3 is 0 Å². The molecule has 1 aromatic carbocycles. The van der Waals surface area contributed by atoms with Gasteiger partial charge in [-0.2, -0.15) is 0 Å². The lowest BCUT2D eigenvalue weighted by Crippen LogP contribution is -2.18. The highest BCUT2D eigenvalue weighted by Crippen LogP contribution is 2.17. The monoisotopic (exact) mass is 219 g/mol. The summed E-state index contributed by atoms with van der Waals surface area (Å²) in [6.45, 7) is 7.92. The van der Waals surface area contributed by atoms with Gasteiger partial charge in [-0.25, -0.2) is 0 Å². The quantitative estimate of drug-likeness (QED) is 0.562. The predicted molar refractivity (Wildman–Crippen MR) is 69.0 cm³/mol. The van der Waals surface area contributed by atoms with Gasteiger partial charge in [0, 0.05) is 0 Å². The molecule has 0 aliphatic carbocycles. The molecule has 1 rings (SSSR count). The Balaban J connectivity index is 2.28. The van der Waals surface area contributed by atoms with E-state index >= 15 is 0 Å². The van der Waals surface area contributed by atoms with Crippen LogP contribution in [0.4, 0.5) is 0 Å². The number of nitrogens with one attached hydrogen (secondary N) is 1. The predicted octanol–water partition coefficient (Wildman–Crippen LogP) is 2.79. The van der Waals surface area contributed by atoms with E-state index in [1.54, 1.807) is 7.11 Å². The molecule has 0 aliphatic rings. The molecule has 2 nitrogen and oxygen atoms in total. The van der Waals surface area contributed by atoms with Gasteiger partial charge in [0.15, 0.2) is 0 Å². The summed E-state index contributed by atoms with van der Waals surface area (Å²) in [6, 6.07) is 8.16. The van der Waals surface area contributed by atoms with Crippen LogP contribution in [0.15, 0.2) is 36.4 Å². The molecule has 1 N–H and O–H groups in total. The third kappa shape index (κ3) is 4.49. The van der Waals surface area contributed by atoms with Crippen LogP contribution in [0.2, 0.25) is 0 Å². The summed E-state index contributed by atoms with van der Waals surface area (Å²) < 4.78 is 5.30. The topological polar surface area (TPSA) is 21.3 Å². The maximum absolute atomic E-state index is 5.30. The molecule has 0 radical (unpaired) electrons. The molecule has 0 saturated carbocycles. The minimum atomic E-state index is 0.976. The van der Waals surface area contributed by atoms with Crippen LogP contribution >= 0.6 is 0 Å². The third-order valence-corrected chi connectivity index (χ3v) is 2.49. The zero-order valence-electron chi connectivity index (χ0n) is 10.3. The van der Waals surface area contributed by atoms with E-state index in [2.05, 4.69) is 24.9 Å². The zero-order valence-corrected chi connectivity index (χ0v) is 10.3. The van der Waals surface area contributed by atoms with Crippen molar-refractivity contribution < 1.29 is 4.74 Å². The molecule has 88 valence electrons. The Morgan fingerprint density at radius 3 is 2.75 bits per heavy atom. The summed E-state index contributed by atoms with van der Waals surface area (Å²) in [5.41, 5.74) is 2.48. The van der Waals surface area contributed by atoms with Crippen LogP contribution in [-0.4, -0.2) is 20.2 Å². The minimum absolute atomic E-state index is 0.976. The van der Waals surface area contributed by atoms with Crippen molar-refractivity contribution in [3.05, 3.63) is 42.0 Å². The summed E-state index contributed by atoms with van der Waals surface area (Å²) in [5.74, 6) is 0.976. The van der Waals surface area contributed by atoms with Crippen LogP contribution < -0.4 is 10.1 Å². The van der Waals surface area contributed by atoms with Crippen LogP contribution in [-0.2, 0) is 6.42 Å². The first kappa shape index (κ1) is 12.8. The van der Waals surface area contributed by atoms with Gasteiger partial charge in [0.2, 0.25) is 0 Å². The van der Waals surface area contributed by atoms with Crippen molar-refractivity contribution in [1.29, 1.82) is 0 Å². The van der Waals surface area contributed by atoms with E-state index in [0.29, 0.717) is 0 Å². The van der Waals surface area contributed by atoms with Crippen LogP contribution in [0.5, 0.6) is 5.75 Å². The van der Waals surface area contributed by atoms with Gasteiger partial charge in [0.05, 0.1) is 7.11 Å². The molecule has 0 unspecified atom stereocenters. The van der Waals surface area contributed by atoms with E-state index < -0.39 is 0 Å². The molecule has 16 heavy (non-hydrogen) atoms. The first-order chi connectivity index (χ1) is 7.74. The van der Waals surface area contributed by atoms with Crippen molar-refractivity contribution in [3.8, 4) is 5.75 Å². The van der Waals surface area contributed by atoms with Crippen molar-refractivity contribution in [3.63, 3.8) is 0 Å². The lowest BCUT2D eigenvalue weighted by molar-refractivity contribution is 0.409. The van der Waals surface area contributed by atoms with Crippen LogP contribution in [0.1, 0.15) is 18.9 Å². The molecule has 2 heteroatoms. The molecule has 0 aromatic heterocycles. The first-order valence-corrected chi connectivity index (χ1v) is 5.71. The Morgan fingerprint density at radius 2 is 2.06 bits per heavy atom. The molecule has 0 amide bonds. The molecule has 0 bridgehead atoms. The Kier molecular flexibility index (Phi) is 5.65. The maximum atomic E-state index is 5.30. The second-order valence-corrected chi connectivity index (χ2v) is 4.02. The van der Waals surface area contributed by atoms with E-state index in [1.807, 2.05) is 18.2 Å². The lowest BCUT2D eigenvalue weighted by atomic mass is 10.1. The van der Waals surface area contributed by atoms with Crippen LogP contribution in [0, 0.1) is 0 Å². The number of hydrogen-bond donors (Lipinski definition) is 1. The van der Waals surface area contributed by atoms with E-state index in [0.717, 1.165) is 31.7 Å². The van der Waals surface area contributed by atoms with Crippen molar-refractivity contribution in [1.82, 2.24) is 5.32 Å². The fourth-order valence-electron chi connectivity index (χ4n) is 1.56. The highest BCUT2D eigenvalue weighted by Gasteiger charge is 2.00. The highest BCUT2D eigenvalue weighted by atomic mass is 16.5. The Hall–Kier alpha value is -1.28. The standard InChI is InChI=1S/C14H21NO/c1-12(2)8-10-15-11-9-13-6-4-5-7-14(13)16-3/h4-7,15H,1,8-11H2,2-3H3. The Morgan fingerprint density at radius 1 is 1.31 bits per heavy atom. The fraction of sp³-hybridized carbons (Fsp3) is 0.429. The van der Waals surface area contributed by atoms with Gasteiger partial charge in [0.25, 0.3) is 0 Å². The van der Waals surface area contributed by atoms with Crippen molar-refractivity contribution in [2.75, 3.05) is 20.2 Å². The molecule has 0 spiro atoms. The van der Waals surface area contributed by atoms with Crippen molar-refractivity contribution in [2.45, 2.75) is 19.8 Å². The average molecular weight is 219 g/mol. The maximum Gasteiger partial charge on any atom is 0.122 e. The van der Waals surface area contributed by atoms with E-state index in [9.17, 15) is 0 Å². The minimum Gasteiger partial charge on any atom is -0.496 e. The summed E-state index contributed by atoms with van der Waals surface area (Å²) in [7, 11) is 1.72. The SMILES string of the molecule is C=C(C)CCNCCc1ccccc1OC. The summed E-state index contributed by atoms with van der Waals surface area (Å²) in [5, 5.41) is 3.40. The fourth-order valence-corrected chi connectivity index (χ4v) is 1.56. The van der Waals surface area contributed by atoms with Crippen molar-refractivity contribution in [2.24, 2.45) is 0 Å². The average Bonchev–Trinajstić information content (AvgIpc) is 2.29. The Bertz CT molecular complexity index is 333.